The van der Waals surface area contributed by atoms with E-state index in [1.807, 2.05) is 41.3 Å². The Kier molecular flexibility index (Phi) is 5.35. The van der Waals surface area contributed by atoms with Gasteiger partial charge in [0.2, 0.25) is 15.9 Å². The maximum atomic E-state index is 12.5. The van der Waals surface area contributed by atoms with Gasteiger partial charge in [-0.1, -0.05) is 48.5 Å². The molecule has 0 radical (unpaired) electrons. The van der Waals surface area contributed by atoms with Gasteiger partial charge in [-0.2, -0.15) is 0 Å². The molecule has 0 atom stereocenters. The number of rotatable bonds is 3. The lowest BCUT2D eigenvalue weighted by Crippen LogP contribution is -2.30. The number of nitrogens with zero attached hydrogens (tertiary/aromatic N) is 1. The summed E-state index contributed by atoms with van der Waals surface area (Å²) in [5.74, 6) is -0.000142. The average molecular weight is 421 g/mol. The number of anilines is 2. The topological polar surface area (TPSA) is 66.5 Å². The third-order valence-corrected chi connectivity index (χ3v) is 5.99. The predicted molar refractivity (Wildman–Crippen MR) is 121 cm³/mol. The van der Waals surface area contributed by atoms with Crippen LogP contribution in [0, 0.1) is 0 Å². The summed E-state index contributed by atoms with van der Waals surface area (Å²) < 4.78 is 26.2. The molecule has 1 aliphatic rings. The SMILES string of the molecule is CC(=O)N1Cc2cc(-c3ccccc3NS(C)(=O)=O)ccc2CCc2ccccc21. The van der Waals surface area contributed by atoms with E-state index < -0.39 is 10.0 Å². The first-order valence-corrected chi connectivity index (χ1v) is 11.8. The van der Waals surface area contributed by atoms with Crippen molar-refractivity contribution in [2.75, 3.05) is 15.9 Å². The largest absolute Gasteiger partial charge is 0.308 e. The molecule has 6 heteroatoms. The van der Waals surface area contributed by atoms with Gasteiger partial charge in [0.1, 0.15) is 0 Å². The normalized spacial score (nSPS) is 13.6. The first kappa shape index (κ1) is 20.2. The number of hydrogen-bond donors (Lipinski definition) is 1. The summed E-state index contributed by atoms with van der Waals surface area (Å²) in [7, 11) is -3.39. The lowest BCUT2D eigenvalue weighted by atomic mass is 9.92. The van der Waals surface area contributed by atoms with Crippen molar-refractivity contribution in [2.45, 2.75) is 26.3 Å². The van der Waals surface area contributed by atoms with Gasteiger partial charge in [-0.15, -0.1) is 0 Å². The Morgan fingerprint density at radius 2 is 1.60 bits per heavy atom. The van der Waals surface area contributed by atoms with Crippen molar-refractivity contribution in [2.24, 2.45) is 0 Å². The smallest absolute Gasteiger partial charge is 0.229 e. The zero-order valence-electron chi connectivity index (χ0n) is 17.1. The van der Waals surface area contributed by atoms with E-state index >= 15 is 0 Å². The molecular weight excluding hydrogens is 396 g/mol. The summed E-state index contributed by atoms with van der Waals surface area (Å²) in [4.78, 5) is 14.3. The number of carbonyl (C=O) groups is 1. The van der Waals surface area contributed by atoms with E-state index in [-0.39, 0.29) is 5.91 Å². The molecule has 30 heavy (non-hydrogen) atoms. The van der Waals surface area contributed by atoms with E-state index in [1.165, 1.54) is 11.1 Å². The van der Waals surface area contributed by atoms with Gasteiger partial charge in [0.05, 0.1) is 18.5 Å². The summed E-state index contributed by atoms with van der Waals surface area (Å²) in [6, 6.07) is 21.6. The van der Waals surface area contributed by atoms with E-state index in [0.717, 1.165) is 41.5 Å². The molecule has 3 aromatic rings. The molecule has 0 unspecified atom stereocenters. The first-order chi connectivity index (χ1) is 14.3. The summed E-state index contributed by atoms with van der Waals surface area (Å²) in [6.45, 7) is 2.07. The molecule has 154 valence electrons. The van der Waals surface area contributed by atoms with Gasteiger partial charge in [0, 0.05) is 18.2 Å². The van der Waals surface area contributed by atoms with Crippen LogP contribution in [-0.4, -0.2) is 20.6 Å². The van der Waals surface area contributed by atoms with Crippen LogP contribution >= 0.6 is 0 Å². The van der Waals surface area contributed by atoms with E-state index in [2.05, 4.69) is 22.9 Å². The van der Waals surface area contributed by atoms with Crippen LogP contribution in [-0.2, 0) is 34.2 Å². The highest BCUT2D eigenvalue weighted by molar-refractivity contribution is 7.92. The summed E-state index contributed by atoms with van der Waals surface area (Å²) in [5.41, 5.74) is 6.67. The number of hydrogen-bond acceptors (Lipinski definition) is 3. The lowest BCUT2D eigenvalue weighted by Gasteiger charge is -2.28. The van der Waals surface area contributed by atoms with Crippen molar-refractivity contribution in [3.05, 3.63) is 83.4 Å². The zero-order chi connectivity index (χ0) is 21.3. The second-order valence-electron chi connectivity index (χ2n) is 7.64. The summed E-state index contributed by atoms with van der Waals surface area (Å²) in [6.07, 6.45) is 2.90. The summed E-state index contributed by atoms with van der Waals surface area (Å²) in [5, 5.41) is 0. The van der Waals surface area contributed by atoms with Gasteiger partial charge in [-0.25, -0.2) is 8.42 Å². The van der Waals surface area contributed by atoms with Crippen LogP contribution < -0.4 is 9.62 Å². The molecule has 0 spiro atoms. The van der Waals surface area contributed by atoms with Gasteiger partial charge in [0.15, 0.2) is 0 Å². The molecule has 0 saturated carbocycles. The Morgan fingerprint density at radius 3 is 2.37 bits per heavy atom. The lowest BCUT2D eigenvalue weighted by molar-refractivity contribution is -0.116. The predicted octanol–water partition coefficient (Wildman–Crippen LogP) is 4.38. The van der Waals surface area contributed by atoms with Crippen molar-refractivity contribution >= 4 is 27.3 Å². The molecule has 0 bridgehead atoms. The maximum absolute atomic E-state index is 12.5. The third kappa shape index (κ3) is 4.24. The molecule has 0 aliphatic carbocycles. The molecule has 1 aliphatic heterocycles. The van der Waals surface area contributed by atoms with Crippen LogP contribution in [0.1, 0.15) is 23.6 Å². The van der Waals surface area contributed by atoms with E-state index in [0.29, 0.717) is 12.2 Å². The van der Waals surface area contributed by atoms with Gasteiger partial charge >= 0.3 is 0 Å². The Morgan fingerprint density at radius 1 is 0.900 bits per heavy atom. The first-order valence-electron chi connectivity index (χ1n) is 9.87. The van der Waals surface area contributed by atoms with Crippen molar-refractivity contribution < 1.29 is 13.2 Å². The highest BCUT2D eigenvalue weighted by Crippen LogP contribution is 2.33. The molecule has 0 fully saturated rings. The number of benzene rings is 3. The van der Waals surface area contributed by atoms with Gasteiger partial charge in [-0.05, 0) is 53.3 Å². The van der Waals surface area contributed by atoms with E-state index in [4.69, 9.17) is 0 Å². The number of amides is 1. The Bertz CT molecular complexity index is 1220. The molecule has 5 nitrogen and oxygen atoms in total. The minimum absolute atomic E-state index is 0.000142. The monoisotopic (exact) mass is 420 g/mol. The zero-order valence-corrected chi connectivity index (χ0v) is 17.9. The highest BCUT2D eigenvalue weighted by atomic mass is 32.2. The molecule has 0 aromatic heterocycles. The summed E-state index contributed by atoms with van der Waals surface area (Å²) >= 11 is 0. The van der Waals surface area contributed by atoms with Crippen LogP contribution in [0.25, 0.3) is 11.1 Å². The van der Waals surface area contributed by atoms with Crippen molar-refractivity contribution in [3.63, 3.8) is 0 Å². The van der Waals surface area contributed by atoms with Gasteiger partial charge in [0.25, 0.3) is 0 Å². The molecular formula is C24H24N2O3S. The van der Waals surface area contributed by atoms with Crippen molar-refractivity contribution in [1.82, 2.24) is 0 Å². The Hall–Kier alpha value is -3.12. The van der Waals surface area contributed by atoms with Crippen molar-refractivity contribution in [3.8, 4) is 11.1 Å². The van der Waals surface area contributed by atoms with Gasteiger partial charge < -0.3 is 4.90 Å². The van der Waals surface area contributed by atoms with Crippen molar-refractivity contribution in [1.29, 1.82) is 0 Å². The fraction of sp³-hybridized carbons (Fsp3) is 0.208. The number of para-hydroxylation sites is 2. The second kappa shape index (κ2) is 7.95. The maximum Gasteiger partial charge on any atom is 0.229 e. The fourth-order valence-corrected chi connectivity index (χ4v) is 4.58. The molecule has 3 aromatic carbocycles. The third-order valence-electron chi connectivity index (χ3n) is 5.39. The average Bonchev–Trinajstić information content (AvgIpc) is 2.68. The van der Waals surface area contributed by atoms with E-state index in [9.17, 15) is 13.2 Å². The van der Waals surface area contributed by atoms with Crippen LogP contribution in [0.5, 0.6) is 0 Å². The molecule has 1 N–H and O–H groups in total. The quantitative estimate of drug-likeness (QED) is 0.684. The molecule has 4 rings (SSSR count). The highest BCUT2D eigenvalue weighted by Gasteiger charge is 2.21. The number of aryl methyl sites for hydroxylation is 2. The van der Waals surface area contributed by atoms with E-state index in [1.54, 1.807) is 19.1 Å². The van der Waals surface area contributed by atoms with Crippen LogP contribution in [0.15, 0.2) is 66.7 Å². The molecule has 1 heterocycles. The fourth-order valence-electron chi connectivity index (χ4n) is 4.00. The molecule has 1 amide bonds. The minimum Gasteiger partial charge on any atom is -0.308 e. The standard InChI is InChI=1S/C24H24N2O3S/c1-17(27)26-16-21-15-20(22-8-4-5-9-23(22)25-30(2,28)29)14-12-18(21)11-13-19-7-3-6-10-24(19)26/h3-10,12,14-15,25H,11,13,16H2,1-2H3. The Labute approximate surface area is 177 Å². The number of fused-ring (bicyclic) bond motifs is 2. The number of carbonyl (C=O) groups excluding carboxylic acids is 1. The van der Waals surface area contributed by atoms with Crippen LogP contribution in [0.2, 0.25) is 0 Å². The van der Waals surface area contributed by atoms with Crippen LogP contribution in [0.3, 0.4) is 0 Å². The second-order valence-corrected chi connectivity index (χ2v) is 9.39. The number of sulfonamides is 1. The molecule has 0 saturated heterocycles. The van der Waals surface area contributed by atoms with Crippen LogP contribution in [0.4, 0.5) is 11.4 Å². The number of nitrogens with one attached hydrogen (secondary N) is 1. The van der Waals surface area contributed by atoms with Gasteiger partial charge in [-0.3, -0.25) is 9.52 Å². The minimum atomic E-state index is -3.39. The Balaban J connectivity index is 1.78.